The first kappa shape index (κ1) is 19.8. The Labute approximate surface area is 149 Å². The summed E-state index contributed by atoms with van der Waals surface area (Å²) in [7, 11) is -3.57. The lowest BCUT2D eigenvalue weighted by atomic mass is 10.0. The molecule has 1 heterocycles. The van der Waals surface area contributed by atoms with Gasteiger partial charge in [-0.2, -0.15) is 4.31 Å². The van der Waals surface area contributed by atoms with Crippen molar-refractivity contribution < 1.29 is 17.9 Å². The lowest BCUT2D eigenvalue weighted by molar-refractivity contribution is -0.115. The molecule has 0 bridgehead atoms. The summed E-state index contributed by atoms with van der Waals surface area (Å²) in [6, 6.07) is 6.35. The van der Waals surface area contributed by atoms with Crippen molar-refractivity contribution >= 4 is 21.6 Å². The third-order valence-electron chi connectivity index (χ3n) is 4.34. The molecule has 8 heteroatoms. The van der Waals surface area contributed by atoms with Gasteiger partial charge in [0.15, 0.2) is 0 Å². The number of hydrogen-bond donors (Lipinski definition) is 2. The number of nitrogens with zero attached hydrogens (tertiary/aromatic N) is 1. The van der Waals surface area contributed by atoms with Crippen LogP contribution in [0.15, 0.2) is 29.2 Å². The number of carbonyl (C=O) groups excluding carboxylic acids is 1. The lowest BCUT2D eigenvalue weighted by Crippen LogP contribution is -2.43. The van der Waals surface area contributed by atoms with Crippen molar-refractivity contribution in [1.29, 1.82) is 0 Å². The first-order valence-electron chi connectivity index (χ1n) is 8.47. The van der Waals surface area contributed by atoms with Gasteiger partial charge in [-0.15, -0.1) is 0 Å². The number of nitrogens with one attached hydrogen (secondary N) is 2. The average Bonchev–Trinajstić information content (AvgIpc) is 2.61. The van der Waals surface area contributed by atoms with Gasteiger partial charge >= 0.3 is 0 Å². The van der Waals surface area contributed by atoms with Crippen molar-refractivity contribution in [3.63, 3.8) is 0 Å². The second-order valence-corrected chi connectivity index (χ2v) is 8.62. The maximum Gasteiger partial charge on any atom is 0.243 e. The van der Waals surface area contributed by atoms with E-state index in [1.54, 1.807) is 18.2 Å². The number of anilines is 1. The topological polar surface area (TPSA) is 87.7 Å². The lowest BCUT2D eigenvalue weighted by Gasteiger charge is -2.26. The minimum atomic E-state index is -3.57. The van der Waals surface area contributed by atoms with Crippen molar-refractivity contribution in [2.24, 2.45) is 0 Å². The van der Waals surface area contributed by atoms with E-state index in [4.69, 9.17) is 4.74 Å². The van der Waals surface area contributed by atoms with Crippen LogP contribution < -0.4 is 10.6 Å². The molecule has 2 rings (SSSR count). The largest absolute Gasteiger partial charge is 0.379 e. The average molecular weight is 369 g/mol. The molecule has 0 radical (unpaired) electrons. The van der Waals surface area contributed by atoms with Gasteiger partial charge in [0.05, 0.1) is 24.7 Å². The number of morpholine rings is 1. The molecule has 25 heavy (non-hydrogen) atoms. The van der Waals surface area contributed by atoms with Crippen LogP contribution in [0.3, 0.4) is 0 Å². The van der Waals surface area contributed by atoms with E-state index in [0.717, 1.165) is 6.42 Å². The van der Waals surface area contributed by atoms with Crippen LogP contribution in [-0.2, 0) is 19.6 Å². The highest BCUT2D eigenvalue weighted by Crippen LogP contribution is 2.20. The fourth-order valence-corrected chi connectivity index (χ4v) is 3.77. The molecule has 1 saturated heterocycles. The van der Waals surface area contributed by atoms with Crippen LogP contribution in [0, 0.1) is 0 Å². The Hall–Kier alpha value is -1.48. The molecule has 0 atom stereocenters. The molecule has 0 spiro atoms. The van der Waals surface area contributed by atoms with E-state index >= 15 is 0 Å². The molecule has 0 saturated carbocycles. The van der Waals surface area contributed by atoms with Crippen molar-refractivity contribution in [2.75, 3.05) is 38.2 Å². The normalized spacial score (nSPS) is 16.6. The summed E-state index contributed by atoms with van der Waals surface area (Å²) in [6.07, 6.45) is 0.896. The van der Waals surface area contributed by atoms with Crippen LogP contribution in [0.1, 0.15) is 27.2 Å². The number of amides is 1. The molecule has 1 aromatic rings. The highest BCUT2D eigenvalue weighted by molar-refractivity contribution is 7.89. The van der Waals surface area contributed by atoms with Gasteiger partial charge in [0.25, 0.3) is 0 Å². The van der Waals surface area contributed by atoms with E-state index in [1.807, 2.05) is 20.8 Å². The minimum absolute atomic E-state index is 0.126. The first-order chi connectivity index (χ1) is 11.7. The van der Waals surface area contributed by atoms with Crippen LogP contribution in [0.2, 0.25) is 0 Å². The quantitative estimate of drug-likeness (QED) is 0.759. The van der Waals surface area contributed by atoms with Gasteiger partial charge in [-0.05, 0) is 38.5 Å². The van der Waals surface area contributed by atoms with Crippen LogP contribution in [0.25, 0.3) is 0 Å². The molecular weight excluding hydrogens is 342 g/mol. The summed E-state index contributed by atoms with van der Waals surface area (Å²) in [5.74, 6) is -0.206. The molecule has 0 aliphatic carbocycles. The Morgan fingerprint density at radius 2 is 1.96 bits per heavy atom. The van der Waals surface area contributed by atoms with E-state index in [-0.39, 0.29) is 22.9 Å². The molecule has 7 nitrogen and oxygen atoms in total. The summed E-state index contributed by atoms with van der Waals surface area (Å²) < 4.78 is 31.9. The van der Waals surface area contributed by atoms with Crippen molar-refractivity contribution in [1.82, 2.24) is 9.62 Å². The SMILES string of the molecule is CCC(C)(C)NCC(=O)Nc1cccc(S(=O)(=O)N2CCOCC2)c1. The van der Waals surface area contributed by atoms with E-state index < -0.39 is 10.0 Å². The molecular formula is C17H27N3O4S. The first-order valence-corrected chi connectivity index (χ1v) is 9.91. The van der Waals surface area contributed by atoms with Gasteiger partial charge < -0.3 is 15.4 Å². The van der Waals surface area contributed by atoms with E-state index in [2.05, 4.69) is 10.6 Å². The third-order valence-corrected chi connectivity index (χ3v) is 6.23. The molecule has 0 aromatic heterocycles. The fraction of sp³-hybridized carbons (Fsp3) is 0.588. The summed E-state index contributed by atoms with van der Waals surface area (Å²) in [5, 5.41) is 5.92. The van der Waals surface area contributed by atoms with Crippen LogP contribution in [0.5, 0.6) is 0 Å². The molecule has 1 amide bonds. The monoisotopic (exact) mass is 369 g/mol. The van der Waals surface area contributed by atoms with Gasteiger partial charge in [-0.3, -0.25) is 4.79 Å². The Morgan fingerprint density at radius 1 is 1.28 bits per heavy atom. The molecule has 140 valence electrons. The number of sulfonamides is 1. The van der Waals surface area contributed by atoms with Crippen molar-refractivity contribution in [2.45, 2.75) is 37.6 Å². The molecule has 1 aliphatic rings. The van der Waals surface area contributed by atoms with Gasteiger partial charge in [-0.25, -0.2) is 8.42 Å². The van der Waals surface area contributed by atoms with Crippen LogP contribution >= 0.6 is 0 Å². The summed E-state index contributed by atoms with van der Waals surface area (Å²) >= 11 is 0. The standard InChI is InChI=1S/C17H27N3O4S/c1-4-17(2,3)18-13-16(21)19-14-6-5-7-15(12-14)25(22,23)20-8-10-24-11-9-20/h5-7,12,18H,4,8-11,13H2,1-3H3,(H,19,21). The second kappa shape index (κ2) is 8.27. The smallest absolute Gasteiger partial charge is 0.243 e. The molecule has 2 N–H and O–H groups in total. The Morgan fingerprint density at radius 3 is 2.60 bits per heavy atom. The number of benzene rings is 1. The third kappa shape index (κ3) is 5.50. The zero-order chi connectivity index (χ0) is 18.5. The summed E-state index contributed by atoms with van der Waals surface area (Å²) in [4.78, 5) is 12.3. The Kier molecular flexibility index (Phi) is 6.56. The number of ether oxygens (including phenoxy) is 1. The number of hydrogen-bond acceptors (Lipinski definition) is 5. The van der Waals surface area contributed by atoms with Gasteiger partial charge in [0.2, 0.25) is 15.9 Å². The number of carbonyl (C=O) groups is 1. The van der Waals surface area contributed by atoms with E-state index in [1.165, 1.54) is 10.4 Å². The zero-order valence-corrected chi connectivity index (χ0v) is 15.9. The molecule has 1 fully saturated rings. The summed E-state index contributed by atoms with van der Waals surface area (Å²) in [5.41, 5.74) is 0.342. The zero-order valence-electron chi connectivity index (χ0n) is 15.0. The fourth-order valence-electron chi connectivity index (χ4n) is 2.32. The molecule has 1 aliphatic heterocycles. The Balaban J connectivity index is 2.04. The van der Waals surface area contributed by atoms with E-state index in [0.29, 0.717) is 32.0 Å². The second-order valence-electron chi connectivity index (χ2n) is 6.68. The maximum atomic E-state index is 12.7. The maximum absolute atomic E-state index is 12.7. The summed E-state index contributed by atoms with van der Waals surface area (Å²) in [6.45, 7) is 7.74. The predicted molar refractivity (Wildman–Crippen MR) is 97.0 cm³/mol. The van der Waals surface area contributed by atoms with Gasteiger partial charge in [-0.1, -0.05) is 13.0 Å². The van der Waals surface area contributed by atoms with Crippen LogP contribution in [-0.4, -0.2) is 57.0 Å². The number of rotatable bonds is 7. The van der Waals surface area contributed by atoms with Gasteiger partial charge in [0.1, 0.15) is 0 Å². The Bertz CT molecular complexity index is 698. The van der Waals surface area contributed by atoms with Crippen LogP contribution in [0.4, 0.5) is 5.69 Å². The van der Waals surface area contributed by atoms with Crippen molar-refractivity contribution in [3.8, 4) is 0 Å². The highest BCUT2D eigenvalue weighted by Gasteiger charge is 2.26. The molecule has 0 unspecified atom stereocenters. The van der Waals surface area contributed by atoms with E-state index in [9.17, 15) is 13.2 Å². The molecule has 1 aromatic carbocycles. The minimum Gasteiger partial charge on any atom is -0.379 e. The predicted octanol–water partition coefficient (Wildman–Crippen LogP) is 1.42. The van der Waals surface area contributed by atoms with Crippen molar-refractivity contribution in [3.05, 3.63) is 24.3 Å². The highest BCUT2D eigenvalue weighted by atomic mass is 32.2. The van der Waals surface area contributed by atoms with Gasteiger partial charge in [0, 0.05) is 24.3 Å².